The second-order valence-electron chi connectivity index (χ2n) is 8.08. The van der Waals surface area contributed by atoms with E-state index >= 15 is 0 Å². The Balaban J connectivity index is 1.30. The summed E-state index contributed by atoms with van der Waals surface area (Å²) in [5, 5.41) is 8.97. The van der Waals surface area contributed by atoms with E-state index < -0.39 is 12.7 Å². The van der Waals surface area contributed by atoms with Crippen LogP contribution >= 0.6 is 11.3 Å². The van der Waals surface area contributed by atoms with E-state index in [0.29, 0.717) is 6.42 Å². The molecular weight excluding hydrogens is 451 g/mol. The highest BCUT2D eigenvalue weighted by Gasteiger charge is 2.37. The second-order valence-corrected chi connectivity index (χ2v) is 8.99. The quantitative estimate of drug-likeness (QED) is 0.461. The monoisotopic (exact) mass is 471 g/mol. The molecular formula is C23H20F3N5OS. The van der Waals surface area contributed by atoms with Crippen LogP contribution in [0.1, 0.15) is 21.6 Å². The largest absolute Gasteiger partial charge is 0.401 e. The van der Waals surface area contributed by atoms with Gasteiger partial charge in [0.1, 0.15) is 5.69 Å². The highest BCUT2D eigenvalue weighted by molar-refractivity contribution is 7.17. The van der Waals surface area contributed by atoms with Crippen molar-refractivity contribution in [2.45, 2.75) is 18.6 Å². The van der Waals surface area contributed by atoms with Gasteiger partial charge in [0.05, 0.1) is 28.5 Å². The fourth-order valence-electron chi connectivity index (χ4n) is 3.98. The number of thiophene rings is 1. The summed E-state index contributed by atoms with van der Waals surface area (Å²) in [5.41, 5.74) is 4.04. The van der Waals surface area contributed by atoms with E-state index in [0.717, 1.165) is 27.0 Å². The Morgan fingerprint density at radius 3 is 2.67 bits per heavy atom. The summed E-state index contributed by atoms with van der Waals surface area (Å²) < 4.78 is 40.2. The summed E-state index contributed by atoms with van der Waals surface area (Å²) in [6, 6.07) is 13.2. The first kappa shape index (κ1) is 21.6. The molecule has 0 saturated carbocycles. The van der Waals surface area contributed by atoms with Crippen molar-refractivity contribution in [1.29, 1.82) is 0 Å². The van der Waals surface area contributed by atoms with Crippen LogP contribution in [0, 0.1) is 0 Å². The minimum atomic E-state index is -4.23. The van der Waals surface area contributed by atoms with Crippen LogP contribution in [0.4, 0.5) is 13.2 Å². The van der Waals surface area contributed by atoms with Crippen molar-refractivity contribution in [2.75, 3.05) is 19.6 Å². The van der Waals surface area contributed by atoms with E-state index in [1.807, 2.05) is 48.0 Å². The minimum Gasteiger partial charge on any atom is -0.345 e. The average molecular weight is 472 g/mol. The average Bonchev–Trinajstić information content (AvgIpc) is 3.44. The lowest BCUT2D eigenvalue weighted by atomic mass is 10.0. The standard InChI is InChI=1S/C23H20F3N5OS/c24-23(25,26)14-30-12-17(13-30)28-22(32)20-11-16(21-19(29-20)6-9-33-21)10-15-2-4-18(5-3-15)31-8-1-7-27-31/h1-9,11,17H,10,12-14H2,(H,28,32). The zero-order valence-corrected chi connectivity index (χ0v) is 18.2. The van der Waals surface area contributed by atoms with E-state index in [2.05, 4.69) is 15.4 Å². The van der Waals surface area contributed by atoms with Crippen LogP contribution in [0.5, 0.6) is 0 Å². The molecule has 1 saturated heterocycles. The van der Waals surface area contributed by atoms with Crippen molar-refractivity contribution in [1.82, 2.24) is 25.0 Å². The molecule has 1 aliphatic rings. The van der Waals surface area contributed by atoms with Gasteiger partial charge in [0.2, 0.25) is 0 Å². The summed E-state index contributed by atoms with van der Waals surface area (Å²) in [7, 11) is 0. The third-order valence-electron chi connectivity index (χ3n) is 5.52. The minimum absolute atomic E-state index is 0.182. The second kappa shape index (κ2) is 8.60. The summed E-state index contributed by atoms with van der Waals surface area (Å²) >= 11 is 1.57. The molecule has 0 bridgehead atoms. The number of carbonyl (C=O) groups is 1. The molecule has 1 aliphatic heterocycles. The van der Waals surface area contributed by atoms with E-state index in [-0.39, 0.29) is 30.7 Å². The van der Waals surface area contributed by atoms with Crippen LogP contribution < -0.4 is 5.32 Å². The van der Waals surface area contributed by atoms with Gasteiger partial charge in [-0.1, -0.05) is 12.1 Å². The van der Waals surface area contributed by atoms with Gasteiger partial charge in [-0.25, -0.2) is 9.67 Å². The van der Waals surface area contributed by atoms with Crippen LogP contribution in [0.3, 0.4) is 0 Å². The van der Waals surface area contributed by atoms with Crippen LogP contribution in [-0.4, -0.2) is 57.4 Å². The van der Waals surface area contributed by atoms with Crippen molar-refractivity contribution in [3.8, 4) is 5.69 Å². The highest BCUT2D eigenvalue weighted by Crippen LogP contribution is 2.27. The van der Waals surface area contributed by atoms with Gasteiger partial charge in [-0.3, -0.25) is 9.69 Å². The zero-order valence-electron chi connectivity index (χ0n) is 17.4. The number of aromatic nitrogens is 3. The number of amides is 1. The Kier molecular flexibility index (Phi) is 5.63. The van der Waals surface area contributed by atoms with E-state index in [1.165, 1.54) is 4.90 Å². The molecule has 6 nitrogen and oxygen atoms in total. The summed E-state index contributed by atoms with van der Waals surface area (Å²) in [6.45, 7) is -0.593. The first-order valence-corrected chi connectivity index (χ1v) is 11.3. The maximum absolute atomic E-state index is 12.8. The molecule has 5 rings (SSSR count). The molecule has 0 atom stereocenters. The molecule has 0 radical (unpaired) electrons. The molecule has 1 aromatic carbocycles. The normalized spacial score (nSPS) is 15.0. The lowest BCUT2D eigenvalue weighted by molar-refractivity contribution is -0.155. The smallest absolute Gasteiger partial charge is 0.345 e. The molecule has 3 aromatic heterocycles. The first-order valence-electron chi connectivity index (χ1n) is 10.4. The topological polar surface area (TPSA) is 63.1 Å². The van der Waals surface area contributed by atoms with Crippen LogP contribution in [-0.2, 0) is 6.42 Å². The number of benzene rings is 1. The van der Waals surface area contributed by atoms with Gasteiger partial charge >= 0.3 is 6.18 Å². The molecule has 33 heavy (non-hydrogen) atoms. The van der Waals surface area contributed by atoms with Gasteiger partial charge in [-0.2, -0.15) is 18.3 Å². The lowest BCUT2D eigenvalue weighted by Gasteiger charge is -2.39. The molecule has 4 heterocycles. The third-order valence-corrected chi connectivity index (χ3v) is 6.49. The highest BCUT2D eigenvalue weighted by atomic mass is 32.1. The number of pyridine rings is 1. The molecule has 170 valence electrons. The first-order chi connectivity index (χ1) is 15.8. The van der Waals surface area contributed by atoms with Crippen molar-refractivity contribution >= 4 is 27.5 Å². The maximum Gasteiger partial charge on any atom is 0.401 e. The fourth-order valence-corrected chi connectivity index (χ4v) is 4.83. The number of rotatable bonds is 6. The summed E-state index contributed by atoms with van der Waals surface area (Å²) in [6.07, 6.45) is -0.00115. The number of likely N-dealkylation sites (tertiary alicyclic amines) is 1. The van der Waals surface area contributed by atoms with Crippen LogP contribution in [0.15, 0.2) is 60.2 Å². The van der Waals surface area contributed by atoms with Gasteiger partial charge in [-0.05, 0) is 53.3 Å². The van der Waals surface area contributed by atoms with Crippen molar-refractivity contribution in [3.05, 3.63) is 77.1 Å². The van der Waals surface area contributed by atoms with Crippen molar-refractivity contribution in [2.24, 2.45) is 0 Å². The Bertz CT molecular complexity index is 1260. The number of nitrogens with zero attached hydrogens (tertiary/aromatic N) is 4. The molecule has 1 fully saturated rings. The predicted octanol–water partition coefficient (Wildman–Crippen LogP) is 4.05. The van der Waals surface area contributed by atoms with E-state index in [9.17, 15) is 18.0 Å². The van der Waals surface area contributed by atoms with Gasteiger partial charge in [0, 0.05) is 25.5 Å². The summed E-state index contributed by atoms with van der Waals surface area (Å²) in [4.78, 5) is 18.5. The molecule has 1 N–H and O–H groups in total. The Morgan fingerprint density at radius 2 is 1.97 bits per heavy atom. The zero-order chi connectivity index (χ0) is 23.0. The lowest BCUT2D eigenvalue weighted by Crippen LogP contribution is -2.61. The number of hydrogen-bond donors (Lipinski definition) is 1. The number of alkyl halides is 3. The van der Waals surface area contributed by atoms with E-state index in [4.69, 9.17) is 0 Å². The maximum atomic E-state index is 12.8. The van der Waals surface area contributed by atoms with Gasteiger partial charge in [0.25, 0.3) is 5.91 Å². The number of hydrogen-bond acceptors (Lipinski definition) is 5. The predicted molar refractivity (Wildman–Crippen MR) is 120 cm³/mol. The van der Waals surface area contributed by atoms with Crippen molar-refractivity contribution < 1.29 is 18.0 Å². The number of nitrogens with one attached hydrogen (secondary N) is 1. The number of carbonyl (C=O) groups excluding carboxylic acids is 1. The third kappa shape index (κ3) is 4.91. The van der Waals surface area contributed by atoms with Gasteiger partial charge < -0.3 is 5.32 Å². The Hall–Kier alpha value is -3.24. The van der Waals surface area contributed by atoms with E-state index in [1.54, 1.807) is 28.3 Å². The molecule has 0 spiro atoms. The number of fused-ring (bicyclic) bond motifs is 1. The fraction of sp³-hybridized carbons (Fsp3) is 0.261. The van der Waals surface area contributed by atoms with Crippen molar-refractivity contribution in [3.63, 3.8) is 0 Å². The van der Waals surface area contributed by atoms with Gasteiger partial charge in [0.15, 0.2) is 0 Å². The molecule has 10 heteroatoms. The Labute approximate surface area is 191 Å². The molecule has 0 aliphatic carbocycles. The summed E-state index contributed by atoms with van der Waals surface area (Å²) in [5.74, 6) is -0.366. The molecule has 0 unspecified atom stereocenters. The molecule has 4 aromatic rings. The van der Waals surface area contributed by atoms with Crippen LogP contribution in [0.25, 0.3) is 15.9 Å². The van der Waals surface area contributed by atoms with Crippen LogP contribution in [0.2, 0.25) is 0 Å². The van der Waals surface area contributed by atoms with Gasteiger partial charge in [-0.15, -0.1) is 11.3 Å². The Morgan fingerprint density at radius 1 is 1.18 bits per heavy atom. The molecule has 1 amide bonds. The number of halogens is 3. The SMILES string of the molecule is O=C(NC1CN(CC(F)(F)F)C1)c1cc(Cc2ccc(-n3cccn3)cc2)c2sccc2n1.